The Labute approximate surface area is 96.3 Å². The Hall–Kier alpha value is -1.50. The van der Waals surface area contributed by atoms with Crippen LogP contribution in [0.4, 0.5) is 19.0 Å². The molecule has 1 aromatic heterocycles. The summed E-state index contributed by atoms with van der Waals surface area (Å²) >= 11 is 0. The Morgan fingerprint density at radius 3 is 2.65 bits per heavy atom. The van der Waals surface area contributed by atoms with Crippen molar-refractivity contribution in [1.29, 1.82) is 0 Å². The average molecular weight is 246 g/mol. The molecule has 1 aliphatic rings. The van der Waals surface area contributed by atoms with Crippen molar-refractivity contribution >= 4 is 12.2 Å². The van der Waals surface area contributed by atoms with Crippen LogP contribution in [0.2, 0.25) is 0 Å². The van der Waals surface area contributed by atoms with Crippen LogP contribution in [-0.4, -0.2) is 10.9 Å². The normalized spacial score (nSPS) is 19.4. The second kappa shape index (κ2) is 3.76. The maximum Gasteiger partial charge on any atom is 0.418 e. The molecule has 0 radical (unpaired) electrons. The number of aliphatic imine (C=N–C) groups is 1. The number of nitrogens with zero attached hydrogens (tertiary/aromatic N) is 2. The van der Waals surface area contributed by atoms with Crippen LogP contribution in [0, 0.1) is 0 Å². The van der Waals surface area contributed by atoms with Gasteiger partial charge in [0.05, 0.1) is 11.9 Å². The summed E-state index contributed by atoms with van der Waals surface area (Å²) in [6.45, 7) is 3.61. The van der Waals surface area contributed by atoms with Gasteiger partial charge < -0.3 is 15.6 Å². The highest BCUT2D eigenvalue weighted by molar-refractivity contribution is 5.80. The molecular weight excluding hydrogens is 233 g/mol. The first kappa shape index (κ1) is 12.0. The number of nitrogens with two attached hydrogens (primary N) is 1. The molecule has 1 aromatic rings. The predicted molar refractivity (Wildman–Crippen MR) is 58.9 cm³/mol. The van der Waals surface area contributed by atoms with E-state index in [2.05, 4.69) is 10.3 Å². The van der Waals surface area contributed by atoms with Crippen molar-refractivity contribution in [2.24, 2.45) is 10.7 Å². The third-order valence-electron chi connectivity index (χ3n) is 2.67. The summed E-state index contributed by atoms with van der Waals surface area (Å²) in [5, 5.41) is 2.73. The summed E-state index contributed by atoms with van der Waals surface area (Å²) in [5.41, 5.74) is 4.89. The molecule has 1 aliphatic heterocycles. The zero-order chi connectivity index (χ0) is 12.8. The lowest BCUT2D eigenvalue weighted by atomic mass is 10.1. The fourth-order valence-electron chi connectivity index (χ4n) is 1.88. The van der Waals surface area contributed by atoms with E-state index < -0.39 is 17.9 Å². The molecule has 3 N–H and O–H groups in total. The average Bonchev–Trinajstić information content (AvgIpc) is 2.57. The lowest BCUT2D eigenvalue weighted by Gasteiger charge is -2.19. The highest BCUT2D eigenvalue weighted by Crippen LogP contribution is 2.41. The minimum absolute atomic E-state index is 0.00806. The molecule has 0 saturated carbocycles. The van der Waals surface area contributed by atoms with Crippen molar-refractivity contribution in [2.75, 3.05) is 5.32 Å². The number of anilines is 1. The molecule has 4 nitrogen and oxygen atoms in total. The number of halogens is 3. The molecule has 0 amide bonds. The van der Waals surface area contributed by atoms with Crippen molar-refractivity contribution in [1.82, 2.24) is 4.57 Å². The molecule has 94 valence electrons. The third kappa shape index (κ3) is 1.90. The van der Waals surface area contributed by atoms with Crippen LogP contribution in [0.25, 0.3) is 0 Å². The van der Waals surface area contributed by atoms with Crippen LogP contribution in [-0.2, 0) is 6.18 Å². The highest BCUT2D eigenvalue weighted by atomic mass is 19.4. The molecule has 0 aliphatic carbocycles. The molecule has 0 saturated heterocycles. The van der Waals surface area contributed by atoms with E-state index in [1.165, 1.54) is 10.9 Å². The number of hydrogen-bond donors (Lipinski definition) is 2. The van der Waals surface area contributed by atoms with Crippen molar-refractivity contribution in [3.8, 4) is 0 Å². The maximum absolute atomic E-state index is 12.9. The number of aromatic nitrogens is 1. The Kier molecular flexibility index (Phi) is 2.65. The summed E-state index contributed by atoms with van der Waals surface area (Å²) in [4.78, 5) is 3.75. The lowest BCUT2D eigenvalue weighted by molar-refractivity contribution is -0.138. The lowest BCUT2D eigenvalue weighted by Crippen LogP contribution is -2.20. The molecule has 0 aromatic carbocycles. The van der Waals surface area contributed by atoms with E-state index in [0.29, 0.717) is 5.82 Å². The third-order valence-corrected chi connectivity index (χ3v) is 2.67. The van der Waals surface area contributed by atoms with Crippen molar-refractivity contribution in [3.63, 3.8) is 0 Å². The van der Waals surface area contributed by atoms with E-state index in [0.717, 1.165) is 6.20 Å². The monoisotopic (exact) mass is 246 g/mol. The minimum atomic E-state index is -4.42. The zero-order valence-electron chi connectivity index (χ0n) is 9.42. The van der Waals surface area contributed by atoms with Gasteiger partial charge in [-0.15, -0.1) is 0 Å². The van der Waals surface area contributed by atoms with Gasteiger partial charge in [0.1, 0.15) is 12.0 Å². The predicted octanol–water partition coefficient (Wildman–Crippen LogP) is 2.50. The quantitative estimate of drug-likeness (QED) is 0.799. The van der Waals surface area contributed by atoms with E-state index in [4.69, 9.17) is 5.73 Å². The van der Waals surface area contributed by atoms with Crippen LogP contribution in [0.5, 0.6) is 0 Å². The second-order valence-electron chi connectivity index (χ2n) is 4.17. The molecule has 0 spiro atoms. The Morgan fingerprint density at radius 1 is 1.47 bits per heavy atom. The summed E-state index contributed by atoms with van der Waals surface area (Å²) in [7, 11) is 0. The van der Waals surface area contributed by atoms with Gasteiger partial charge in [-0.2, -0.15) is 13.2 Å². The number of fused-ring (bicyclic) bond motifs is 1. The number of hydrogen-bond acceptors (Lipinski definition) is 3. The van der Waals surface area contributed by atoms with Gasteiger partial charge in [-0.3, -0.25) is 4.99 Å². The molecule has 0 fully saturated rings. The summed E-state index contributed by atoms with van der Waals surface area (Å²) in [5.74, 6) is 0.370. The van der Waals surface area contributed by atoms with Gasteiger partial charge in [-0.25, -0.2) is 0 Å². The first-order valence-electron chi connectivity index (χ1n) is 5.18. The largest absolute Gasteiger partial charge is 0.418 e. The molecule has 2 heterocycles. The first-order valence-corrected chi connectivity index (χ1v) is 5.18. The minimum Gasteiger partial charge on any atom is -0.332 e. The van der Waals surface area contributed by atoms with Gasteiger partial charge in [0.15, 0.2) is 0 Å². The zero-order valence-corrected chi connectivity index (χ0v) is 9.42. The van der Waals surface area contributed by atoms with Gasteiger partial charge in [0.2, 0.25) is 0 Å². The van der Waals surface area contributed by atoms with E-state index in [-0.39, 0.29) is 11.6 Å². The van der Waals surface area contributed by atoms with Crippen LogP contribution >= 0.6 is 0 Å². The Balaban J connectivity index is 2.64. The van der Waals surface area contributed by atoms with Gasteiger partial charge in [0.25, 0.3) is 0 Å². The molecule has 1 unspecified atom stereocenters. The molecule has 17 heavy (non-hydrogen) atoms. The number of alkyl halides is 3. The Bertz CT molecular complexity index is 459. The van der Waals surface area contributed by atoms with Gasteiger partial charge in [-0.1, -0.05) is 0 Å². The standard InChI is InChI=1S/C10H13F3N4/c1-5(2)17-3-6(10(11,12)13)7-8(14)15-4-16-9(7)17/h3-5,8H,14H2,1-2H3,(H,15,16). The van der Waals surface area contributed by atoms with Crippen LogP contribution in [0.1, 0.15) is 37.2 Å². The Morgan fingerprint density at radius 2 is 2.12 bits per heavy atom. The van der Waals surface area contributed by atoms with E-state index in [1.807, 2.05) is 0 Å². The first-order chi connectivity index (χ1) is 7.82. The van der Waals surface area contributed by atoms with Crippen LogP contribution in [0.15, 0.2) is 11.2 Å². The van der Waals surface area contributed by atoms with Crippen molar-refractivity contribution in [3.05, 3.63) is 17.3 Å². The SMILES string of the molecule is CC(C)n1cc(C(F)(F)F)c2c1NC=NC2N. The molecule has 7 heteroatoms. The summed E-state index contributed by atoms with van der Waals surface area (Å²) in [6.07, 6.45) is -2.98. The van der Waals surface area contributed by atoms with Crippen LogP contribution < -0.4 is 11.1 Å². The number of nitrogens with one attached hydrogen (secondary N) is 1. The summed E-state index contributed by atoms with van der Waals surface area (Å²) in [6, 6.07) is -0.0916. The fourth-order valence-corrected chi connectivity index (χ4v) is 1.88. The van der Waals surface area contributed by atoms with Crippen LogP contribution in [0.3, 0.4) is 0 Å². The smallest absolute Gasteiger partial charge is 0.332 e. The maximum atomic E-state index is 12.9. The molecule has 0 bridgehead atoms. The van der Waals surface area contributed by atoms with E-state index >= 15 is 0 Å². The van der Waals surface area contributed by atoms with Crippen molar-refractivity contribution < 1.29 is 13.2 Å². The second-order valence-corrected chi connectivity index (χ2v) is 4.17. The fraction of sp³-hybridized carbons (Fsp3) is 0.500. The van der Waals surface area contributed by atoms with Gasteiger partial charge in [0, 0.05) is 17.8 Å². The van der Waals surface area contributed by atoms with Crippen molar-refractivity contribution in [2.45, 2.75) is 32.2 Å². The molecule has 2 rings (SSSR count). The highest BCUT2D eigenvalue weighted by Gasteiger charge is 2.39. The van der Waals surface area contributed by atoms with E-state index in [1.54, 1.807) is 13.8 Å². The molecular formula is C10H13F3N4. The van der Waals surface area contributed by atoms with Gasteiger partial charge in [-0.05, 0) is 13.8 Å². The molecule has 1 atom stereocenters. The number of rotatable bonds is 1. The van der Waals surface area contributed by atoms with E-state index in [9.17, 15) is 13.2 Å². The summed E-state index contributed by atoms with van der Waals surface area (Å²) < 4.78 is 40.1. The topological polar surface area (TPSA) is 55.3 Å². The van der Waals surface area contributed by atoms with Gasteiger partial charge >= 0.3 is 6.18 Å².